The van der Waals surface area contributed by atoms with Crippen molar-refractivity contribution >= 4 is 35.0 Å². The predicted octanol–water partition coefficient (Wildman–Crippen LogP) is 2.85. The molecular weight excluding hydrogens is 378 g/mol. The lowest BCUT2D eigenvalue weighted by atomic mass is 10.2. The minimum atomic E-state index is -0.444. The summed E-state index contributed by atoms with van der Waals surface area (Å²) in [5, 5.41) is 11.4. The number of benzene rings is 1. The zero-order valence-electron chi connectivity index (χ0n) is 15.7. The van der Waals surface area contributed by atoms with E-state index in [1.807, 2.05) is 42.8 Å². The van der Waals surface area contributed by atoms with Crippen molar-refractivity contribution in [1.82, 2.24) is 14.8 Å². The van der Waals surface area contributed by atoms with Gasteiger partial charge in [-0.1, -0.05) is 23.9 Å². The Hall–Kier alpha value is -3.07. The van der Waals surface area contributed by atoms with E-state index in [2.05, 4.69) is 15.5 Å². The molecule has 2 aromatic heterocycles. The van der Waals surface area contributed by atoms with Crippen LogP contribution in [0.3, 0.4) is 0 Å². The van der Waals surface area contributed by atoms with E-state index in [1.165, 1.54) is 16.7 Å². The summed E-state index contributed by atoms with van der Waals surface area (Å²) in [4.78, 5) is 26.6. The molecule has 1 aliphatic heterocycles. The topological polar surface area (TPSA) is 93.3 Å². The molecule has 0 saturated carbocycles. The van der Waals surface area contributed by atoms with E-state index in [0.29, 0.717) is 22.4 Å². The fraction of sp³-hybridized carbons (Fsp3) is 0.263. The molecule has 0 aliphatic carbocycles. The van der Waals surface area contributed by atoms with Crippen molar-refractivity contribution in [2.75, 3.05) is 16.8 Å². The number of thioether (sulfide) groups is 1. The van der Waals surface area contributed by atoms with Gasteiger partial charge in [-0.25, -0.2) is 0 Å². The molecular formula is C19H19N5O3S. The predicted molar refractivity (Wildman–Crippen MR) is 106 cm³/mol. The SMILES string of the molecule is Cc1occc1-c1nnc(S[C@H](C)C(=O)N2CC(=O)Nc3ccccc32)n1C. The number of aryl methyl sites for hydroxylation is 1. The van der Waals surface area contributed by atoms with E-state index >= 15 is 0 Å². The van der Waals surface area contributed by atoms with Crippen LogP contribution in [0.2, 0.25) is 0 Å². The normalized spacial score (nSPS) is 14.5. The fourth-order valence-electron chi connectivity index (χ4n) is 3.13. The van der Waals surface area contributed by atoms with Crippen molar-refractivity contribution < 1.29 is 14.0 Å². The largest absolute Gasteiger partial charge is 0.469 e. The van der Waals surface area contributed by atoms with Crippen molar-refractivity contribution in [1.29, 1.82) is 0 Å². The van der Waals surface area contributed by atoms with Crippen LogP contribution < -0.4 is 10.2 Å². The highest BCUT2D eigenvalue weighted by Crippen LogP contribution is 2.33. The summed E-state index contributed by atoms with van der Waals surface area (Å²) < 4.78 is 7.18. The molecule has 1 atom stereocenters. The van der Waals surface area contributed by atoms with Gasteiger partial charge in [-0.05, 0) is 32.0 Å². The van der Waals surface area contributed by atoms with Crippen molar-refractivity contribution in [2.24, 2.45) is 7.05 Å². The van der Waals surface area contributed by atoms with Gasteiger partial charge in [0.25, 0.3) is 0 Å². The molecule has 3 aromatic rings. The molecule has 8 nitrogen and oxygen atoms in total. The van der Waals surface area contributed by atoms with Crippen LogP contribution in [0.1, 0.15) is 12.7 Å². The zero-order chi connectivity index (χ0) is 19.8. The molecule has 0 unspecified atom stereocenters. The van der Waals surface area contributed by atoms with Crippen molar-refractivity contribution in [3.05, 3.63) is 42.4 Å². The third-order valence-electron chi connectivity index (χ3n) is 4.60. The van der Waals surface area contributed by atoms with Gasteiger partial charge in [0.05, 0.1) is 28.5 Å². The Bertz CT molecular complexity index is 1060. The molecule has 9 heteroatoms. The second-order valence-corrected chi connectivity index (χ2v) is 7.81. The highest BCUT2D eigenvalue weighted by Gasteiger charge is 2.31. The number of carbonyl (C=O) groups excluding carboxylic acids is 2. The van der Waals surface area contributed by atoms with E-state index in [1.54, 1.807) is 19.3 Å². The van der Waals surface area contributed by atoms with Crippen LogP contribution in [0.25, 0.3) is 11.4 Å². The first-order valence-electron chi connectivity index (χ1n) is 8.76. The number of nitrogens with zero attached hydrogens (tertiary/aromatic N) is 4. The van der Waals surface area contributed by atoms with Gasteiger partial charge in [0.1, 0.15) is 12.3 Å². The number of rotatable bonds is 4. The van der Waals surface area contributed by atoms with Crippen molar-refractivity contribution in [3.8, 4) is 11.4 Å². The highest BCUT2D eigenvalue weighted by atomic mass is 32.2. The Balaban J connectivity index is 1.56. The number of para-hydroxylation sites is 2. The van der Waals surface area contributed by atoms with Gasteiger partial charge in [0.2, 0.25) is 11.8 Å². The summed E-state index contributed by atoms with van der Waals surface area (Å²) in [5.41, 5.74) is 2.20. The summed E-state index contributed by atoms with van der Waals surface area (Å²) >= 11 is 1.31. The number of carbonyl (C=O) groups is 2. The monoisotopic (exact) mass is 397 g/mol. The minimum absolute atomic E-state index is 0.000966. The minimum Gasteiger partial charge on any atom is -0.469 e. The molecule has 0 bridgehead atoms. The number of nitrogens with one attached hydrogen (secondary N) is 1. The molecule has 1 N–H and O–H groups in total. The summed E-state index contributed by atoms with van der Waals surface area (Å²) in [7, 11) is 1.85. The first-order chi connectivity index (χ1) is 13.5. The molecule has 0 saturated heterocycles. The van der Waals surface area contributed by atoms with Crippen LogP contribution >= 0.6 is 11.8 Å². The lowest BCUT2D eigenvalue weighted by Crippen LogP contribution is -2.45. The highest BCUT2D eigenvalue weighted by molar-refractivity contribution is 8.00. The third-order valence-corrected chi connectivity index (χ3v) is 5.72. The lowest BCUT2D eigenvalue weighted by Gasteiger charge is -2.30. The molecule has 4 rings (SSSR count). The Morgan fingerprint density at radius 2 is 2.07 bits per heavy atom. The van der Waals surface area contributed by atoms with Crippen LogP contribution in [0.15, 0.2) is 46.2 Å². The maximum atomic E-state index is 13.1. The van der Waals surface area contributed by atoms with E-state index in [4.69, 9.17) is 4.42 Å². The van der Waals surface area contributed by atoms with Gasteiger partial charge in [0.15, 0.2) is 11.0 Å². The maximum Gasteiger partial charge on any atom is 0.244 e. The van der Waals surface area contributed by atoms with E-state index in [-0.39, 0.29) is 18.4 Å². The molecule has 1 aromatic carbocycles. The second-order valence-electron chi connectivity index (χ2n) is 6.51. The van der Waals surface area contributed by atoms with Gasteiger partial charge >= 0.3 is 0 Å². The summed E-state index contributed by atoms with van der Waals surface area (Å²) in [5.74, 6) is 1.07. The molecule has 28 heavy (non-hydrogen) atoms. The number of amides is 2. The quantitative estimate of drug-likeness (QED) is 0.681. The van der Waals surface area contributed by atoms with Crippen LogP contribution in [-0.4, -0.2) is 38.4 Å². The molecule has 1 aliphatic rings. The number of fused-ring (bicyclic) bond motifs is 1. The smallest absolute Gasteiger partial charge is 0.244 e. The number of furan rings is 1. The first kappa shape index (κ1) is 18.3. The van der Waals surface area contributed by atoms with Crippen molar-refractivity contribution in [3.63, 3.8) is 0 Å². The van der Waals surface area contributed by atoms with E-state index in [9.17, 15) is 9.59 Å². The van der Waals surface area contributed by atoms with Gasteiger partial charge < -0.3 is 14.3 Å². The van der Waals surface area contributed by atoms with Crippen molar-refractivity contribution in [2.45, 2.75) is 24.3 Å². The number of aromatic nitrogens is 3. The Morgan fingerprint density at radius 1 is 1.29 bits per heavy atom. The van der Waals surface area contributed by atoms with Gasteiger partial charge in [-0.3, -0.25) is 14.5 Å². The molecule has 0 fully saturated rings. The fourth-order valence-corrected chi connectivity index (χ4v) is 4.00. The van der Waals surface area contributed by atoms with Crippen LogP contribution in [0, 0.1) is 6.92 Å². The standard InChI is InChI=1S/C19H19N5O3S/c1-11-13(8-9-27-11)17-21-22-19(23(17)3)28-12(2)18(26)24-10-16(25)20-14-6-4-5-7-15(14)24/h4-9,12H,10H2,1-3H3,(H,20,25)/t12-/m1/s1. The number of anilines is 2. The van der Waals surface area contributed by atoms with Crippen LogP contribution in [-0.2, 0) is 16.6 Å². The summed E-state index contributed by atoms with van der Waals surface area (Å²) in [6.45, 7) is 3.67. The summed E-state index contributed by atoms with van der Waals surface area (Å²) in [6.07, 6.45) is 1.61. The Labute approximate surface area is 165 Å². The Kier molecular flexibility index (Phi) is 4.68. The van der Waals surface area contributed by atoms with E-state index < -0.39 is 5.25 Å². The molecule has 0 radical (unpaired) electrons. The average Bonchev–Trinajstić information content (AvgIpc) is 3.26. The molecule has 0 spiro atoms. The maximum absolute atomic E-state index is 13.1. The molecule has 2 amide bonds. The Morgan fingerprint density at radius 3 is 2.82 bits per heavy atom. The van der Waals surface area contributed by atoms with E-state index in [0.717, 1.165) is 11.3 Å². The number of hydrogen-bond donors (Lipinski definition) is 1. The molecule has 3 heterocycles. The van der Waals surface area contributed by atoms with Crippen LogP contribution in [0.4, 0.5) is 11.4 Å². The molecule has 144 valence electrons. The number of hydrogen-bond acceptors (Lipinski definition) is 6. The second kappa shape index (κ2) is 7.16. The average molecular weight is 397 g/mol. The zero-order valence-corrected chi connectivity index (χ0v) is 16.5. The van der Waals surface area contributed by atoms with Crippen LogP contribution in [0.5, 0.6) is 0 Å². The van der Waals surface area contributed by atoms with Gasteiger partial charge in [-0.2, -0.15) is 0 Å². The lowest BCUT2D eigenvalue weighted by molar-refractivity contribution is -0.121. The van der Waals surface area contributed by atoms with Gasteiger partial charge in [-0.15, -0.1) is 10.2 Å². The van der Waals surface area contributed by atoms with Gasteiger partial charge in [0, 0.05) is 7.05 Å². The third kappa shape index (κ3) is 3.18. The summed E-state index contributed by atoms with van der Waals surface area (Å²) in [6, 6.07) is 9.12. The first-order valence-corrected chi connectivity index (χ1v) is 9.64.